The van der Waals surface area contributed by atoms with Gasteiger partial charge in [-0.25, -0.2) is 0 Å². The van der Waals surface area contributed by atoms with Gasteiger partial charge in [0, 0.05) is 13.1 Å². The van der Waals surface area contributed by atoms with Crippen molar-refractivity contribution in [3.8, 4) is 5.75 Å². The van der Waals surface area contributed by atoms with Crippen LogP contribution in [-0.2, 0) is 0 Å². The summed E-state index contributed by atoms with van der Waals surface area (Å²) < 4.78 is 5.12. The molecule has 1 rings (SSSR count). The van der Waals surface area contributed by atoms with Gasteiger partial charge in [0.2, 0.25) is 0 Å². The molecule has 0 bridgehead atoms. The molecule has 0 spiro atoms. The number of ether oxygens (including phenoxy) is 1. The minimum Gasteiger partial charge on any atom is -0.496 e. The van der Waals surface area contributed by atoms with E-state index < -0.39 is 0 Å². The molecule has 12 heavy (non-hydrogen) atoms. The molecule has 0 aliphatic carbocycles. The molecule has 0 aliphatic rings. The Labute approximate surface area is 72.5 Å². The largest absolute Gasteiger partial charge is 0.496 e. The average molecular weight is 166 g/mol. The molecule has 0 heterocycles. The Hall–Kier alpha value is -1.38. The summed E-state index contributed by atoms with van der Waals surface area (Å²) in [4.78, 5) is 0. The van der Waals surface area contributed by atoms with E-state index in [9.17, 15) is 0 Å². The van der Waals surface area contributed by atoms with Crippen LogP contribution in [0.1, 0.15) is 5.56 Å². The van der Waals surface area contributed by atoms with E-state index in [2.05, 4.69) is 5.32 Å². The molecule has 0 aromatic heterocycles. The minimum atomic E-state index is 0.708. The van der Waals surface area contributed by atoms with Crippen LogP contribution in [0.2, 0.25) is 0 Å². The van der Waals surface area contributed by atoms with E-state index in [1.165, 1.54) is 0 Å². The Kier molecular flexibility index (Phi) is 2.43. The Morgan fingerprint density at radius 2 is 2.08 bits per heavy atom. The van der Waals surface area contributed by atoms with Gasteiger partial charge in [-0.3, -0.25) is 0 Å². The fourth-order valence-corrected chi connectivity index (χ4v) is 1.14. The number of aryl methyl sites for hydroxylation is 1. The third-order valence-electron chi connectivity index (χ3n) is 1.84. The SMILES string of the molecule is CNc1cc(C)c(OC)cc1N. The lowest BCUT2D eigenvalue weighted by Crippen LogP contribution is -1.98. The van der Waals surface area contributed by atoms with Crippen LogP contribution in [0.15, 0.2) is 12.1 Å². The van der Waals surface area contributed by atoms with Crippen molar-refractivity contribution in [2.75, 3.05) is 25.2 Å². The van der Waals surface area contributed by atoms with Gasteiger partial charge in [0.25, 0.3) is 0 Å². The standard InChI is InChI=1S/C9H14N2O/c1-6-4-8(11-2)7(10)5-9(6)12-3/h4-5,11H,10H2,1-3H3. The first-order chi connectivity index (χ1) is 5.69. The zero-order valence-corrected chi connectivity index (χ0v) is 7.64. The predicted molar refractivity (Wildman–Crippen MR) is 51.7 cm³/mol. The van der Waals surface area contributed by atoms with E-state index in [0.717, 1.165) is 17.0 Å². The van der Waals surface area contributed by atoms with Gasteiger partial charge in [0.1, 0.15) is 5.75 Å². The van der Waals surface area contributed by atoms with E-state index >= 15 is 0 Å². The molecule has 0 atom stereocenters. The van der Waals surface area contributed by atoms with Crippen molar-refractivity contribution in [3.63, 3.8) is 0 Å². The van der Waals surface area contributed by atoms with E-state index in [4.69, 9.17) is 10.5 Å². The molecule has 0 saturated carbocycles. The first-order valence-electron chi connectivity index (χ1n) is 3.81. The molecule has 0 unspecified atom stereocenters. The number of methoxy groups -OCH3 is 1. The number of anilines is 2. The lowest BCUT2D eigenvalue weighted by Gasteiger charge is -2.09. The molecular weight excluding hydrogens is 152 g/mol. The second kappa shape index (κ2) is 3.34. The summed E-state index contributed by atoms with van der Waals surface area (Å²) in [6, 6.07) is 3.79. The highest BCUT2D eigenvalue weighted by Crippen LogP contribution is 2.27. The Bertz CT molecular complexity index is 254. The summed E-state index contributed by atoms with van der Waals surface area (Å²) in [5.74, 6) is 0.825. The molecule has 0 radical (unpaired) electrons. The zero-order chi connectivity index (χ0) is 9.14. The lowest BCUT2D eigenvalue weighted by molar-refractivity contribution is 0.412. The molecule has 0 aliphatic heterocycles. The molecule has 1 aromatic carbocycles. The van der Waals surface area contributed by atoms with E-state index in [1.54, 1.807) is 7.11 Å². The molecule has 0 saturated heterocycles. The van der Waals surface area contributed by atoms with Gasteiger partial charge in [-0.15, -0.1) is 0 Å². The highest BCUT2D eigenvalue weighted by Gasteiger charge is 2.02. The van der Waals surface area contributed by atoms with Crippen molar-refractivity contribution in [1.29, 1.82) is 0 Å². The van der Waals surface area contributed by atoms with Crippen LogP contribution in [0, 0.1) is 6.92 Å². The smallest absolute Gasteiger partial charge is 0.123 e. The van der Waals surface area contributed by atoms with Gasteiger partial charge >= 0.3 is 0 Å². The number of nitrogen functional groups attached to an aromatic ring is 1. The monoisotopic (exact) mass is 166 g/mol. The quantitative estimate of drug-likeness (QED) is 0.656. The first kappa shape index (κ1) is 8.71. The predicted octanol–water partition coefficient (Wildman–Crippen LogP) is 1.63. The van der Waals surface area contributed by atoms with Gasteiger partial charge < -0.3 is 15.8 Å². The van der Waals surface area contributed by atoms with Gasteiger partial charge in [-0.1, -0.05) is 0 Å². The normalized spacial score (nSPS) is 9.58. The second-order valence-corrected chi connectivity index (χ2v) is 2.66. The Morgan fingerprint density at radius 1 is 1.42 bits per heavy atom. The molecule has 0 amide bonds. The van der Waals surface area contributed by atoms with Crippen molar-refractivity contribution in [2.45, 2.75) is 6.92 Å². The molecule has 66 valence electrons. The zero-order valence-electron chi connectivity index (χ0n) is 7.64. The van der Waals surface area contributed by atoms with Crippen molar-refractivity contribution < 1.29 is 4.74 Å². The third-order valence-corrected chi connectivity index (χ3v) is 1.84. The van der Waals surface area contributed by atoms with E-state index in [1.807, 2.05) is 26.1 Å². The first-order valence-corrected chi connectivity index (χ1v) is 3.81. The van der Waals surface area contributed by atoms with E-state index in [0.29, 0.717) is 5.69 Å². The summed E-state index contributed by atoms with van der Waals surface area (Å²) in [6.45, 7) is 1.99. The van der Waals surface area contributed by atoms with Gasteiger partial charge in [0.15, 0.2) is 0 Å². The maximum atomic E-state index is 5.73. The molecule has 3 N–H and O–H groups in total. The van der Waals surface area contributed by atoms with Crippen LogP contribution >= 0.6 is 0 Å². The molecule has 3 nitrogen and oxygen atoms in total. The highest BCUT2D eigenvalue weighted by atomic mass is 16.5. The van der Waals surface area contributed by atoms with Crippen molar-refractivity contribution in [1.82, 2.24) is 0 Å². The van der Waals surface area contributed by atoms with Crippen LogP contribution in [0.4, 0.5) is 11.4 Å². The van der Waals surface area contributed by atoms with Crippen LogP contribution < -0.4 is 15.8 Å². The number of benzene rings is 1. The lowest BCUT2D eigenvalue weighted by atomic mass is 10.1. The van der Waals surface area contributed by atoms with Crippen molar-refractivity contribution in [3.05, 3.63) is 17.7 Å². The number of nitrogens with two attached hydrogens (primary N) is 1. The Morgan fingerprint density at radius 3 is 2.58 bits per heavy atom. The fourth-order valence-electron chi connectivity index (χ4n) is 1.14. The number of rotatable bonds is 2. The maximum Gasteiger partial charge on any atom is 0.123 e. The molecular formula is C9H14N2O. The Balaban J connectivity index is 3.16. The minimum absolute atomic E-state index is 0.708. The van der Waals surface area contributed by atoms with Crippen LogP contribution in [-0.4, -0.2) is 14.2 Å². The van der Waals surface area contributed by atoms with Gasteiger partial charge in [0.05, 0.1) is 18.5 Å². The summed E-state index contributed by atoms with van der Waals surface area (Å²) in [5, 5.41) is 3.01. The fraction of sp³-hybridized carbons (Fsp3) is 0.333. The number of hydrogen-bond acceptors (Lipinski definition) is 3. The number of hydrogen-bond donors (Lipinski definition) is 2. The summed E-state index contributed by atoms with van der Waals surface area (Å²) in [6.07, 6.45) is 0. The van der Waals surface area contributed by atoms with Crippen LogP contribution in [0.5, 0.6) is 5.75 Å². The second-order valence-electron chi connectivity index (χ2n) is 2.66. The number of nitrogens with one attached hydrogen (secondary N) is 1. The van der Waals surface area contributed by atoms with Crippen molar-refractivity contribution in [2.24, 2.45) is 0 Å². The molecule has 1 aromatic rings. The van der Waals surface area contributed by atoms with Crippen LogP contribution in [0.25, 0.3) is 0 Å². The average Bonchev–Trinajstić information content (AvgIpc) is 2.08. The summed E-state index contributed by atoms with van der Waals surface area (Å²) in [7, 11) is 3.48. The highest BCUT2D eigenvalue weighted by molar-refractivity contribution is 5.69. The topological polar surface area (TPSA) is 47.3 Å². The molecule has 3 heteroatoms. The third kappa shape index (κ3) is 1.44. The summed E-state index contributed by atoms with van der Waals surface area (Å²) in [5.41, 5.74) is 8.46. The van der Waals surface area contributed by atoms with Gasteiger partial charge in [-0.05, 0) is 18.6 Å². The molecule has 0 fully saturated rings. The van der Waals surface area contributed by atoms with Gasteiger partial charge in [-0.2, -0.15) is 0 Å². The maximum absolute atomic E-state index is 5.73. The van der Waals surface area contributed by atoms with Crippen molar-refractivity contribution >= 4 is 11.4 Å². The summed E-state index contributed by atoms with van der Waals surface area (Å²) >= 11 is 0. The van der Waals surface area contributed by atoms with E-state index in [-0.39, 0.29) is 0 Å². The van der Waals surface area contributed by atoms with Crippen LogP contribution in [0.3, 0.4) is 0 Å².